The summed E-state index contributed by atoms with van der Waals surface area (Å²) in [4.78, 5) is 31.9. The highest BCUT2D eigenvalue weighted by molar-refractivity contribution is 5.93. The number of fused-ring (bicyclic) bond motifs is 1. The Morgan fingerprint density at radius 3 is 1.74 bits per heavy atom. The van der Waals surface area contributed by atoms with Crippen LogP contribution in [0.3, 0.4) is 0 Å². The molecule has 0 aliphatic heterocycles. The van der Waals surface area contributed by atoms with Crippen LogP contribution in [-0.2, 0) is 37.0 Å². The molecule has 2 aromatic rings. The second kappa shape index (κ2) is 16.5. The topological polar surface area (TPSA) is 257 Å². The van der Waals surface area contributed by atoms with Crippen molar-refractivity contribution in [2.24, 2.45) is 22.6 Å². The number of hydrogen-bond acceptors (Lipinski definition) is 6. The minimum atomic E-state index is -1.14. The zero-order chi connectivity index (χ0) is 38.2. The number of guanidine groups is 3. The number of nitrogens with one attached hydrogen (secondary N) is 8. The van der Waals surface area contributed by atoms with E-state index in [9.17, 15) is 9.59 Å². The van der Waals surface area contributed by atoms with Crippen LogP contribution >= 0.6 is 0 Å². The average Bonchev–Trinajstić information content (AvgIpc) is 3.36. The van der Waals surface area contributed by atoms with Gasteiger partial charge in [0.05, 0.1) is 12.5 Å². The summed E-state index contributed by atoms with van der Waals surface area (Å²) in [6, 6.07) is 3.42. The van der Waals surface area contributed by atoms with Gasteiger partial charge in [-0.15, -0.1) is 0 Å². The molecule has 1 aromatic heterocycles. The van der Waals surface area contributed by atoms with Crippen LogP contribution < -0.4 is 38.5 Å². The number of carbonyl (C=O) groups is 2. The summed E-state index contributed by atoms with van der Waals surface area (Å²) < 4.78 is 5.29. The summed E-state index contributed by atoms with van der Waals surface area (Å²) in [7, 11) is 1.31. The third-order valence-electron chi connectivity index (χ3n) is 9.02. The lowest BCUT2D eigenvalue weighted by molar-refractivity contribution is -0.147. The molecular formula is C36H63N11O3. The standard InChI is InChI=1S/C36H63N11O3/c1-33(2,3)21-17-23(34(4,5)6)26-22(27(35(7,8)9)46-24(26)18-21)19-25(28(48)50-10)47-29(49)36(20-45-32(41)42,13-11-15-43-30(37)38)14-12-16-44-31(39)40/h17-18,25,46H,11-16,19-20H2,1-10H3,(H,47,49)(H4,37,38,43)(H4,39,40,44)(H4,41,42,45)/t25-/m0/s1. The second-order valence-corrected chi connectivity index (χ2v) is 16.4. The van der Waals surface area contributed by atoms with Crippen LogP contribution in [0.25, 0.3) is 10.9 Å². The van der Waals surface area contributed by atoms with Crippen LogP contribution in [0.1, 0.15) is 110 Å². The molecule has 0 aliphatic carbocycles. The predicted molar refractivity (Wildman–Crippen MR) is 203 cm³/mol. The molecule has 1 aromatic carbocycles. The Kier molecular flexibility index (Phi) is 13.7. The first-order valence-electron chi connectivity index (χ1n) is 17.3. The summed E-state index contributed by atoms with van der Waals surface area (Å²) in [6.45, 7) is 20.2. The number of esters is 1. The lowest BCUT2D eigenvalue weighted by Crippen LogP contribution is -2.54. The van der Waals surface area contributed by atoms with E-state index in [0.717, 1.165) is 27.7 Å². The first-order chi connectivity index (χ1) is 22.9. The van der Waals surface area contributed by atoms with E-state index in [1.54, 1.807) is 0 Å². The Morgan fingerprint density at radius 1 is 0.800 bits per heavy atom. The molecule has 280 valence electrons. The van der Waals surface area contributed by atoms with Crippen molar-refractivity contribution < 1.29 is 14.3 Å². The molecule has 0 fully saturated rings. The first-order valence-corrected chi connectivity index (χ1v) is 17.3. The lowest BCUT2D eigenvalue weighted by atomic mass is 9.76. The van der Waals surface area contributed by atoms with Crippen molar-refractivity contribution in [3.8, 4) is 0 Å². The van der Waals surface area contributed by atoms with E-state index in [0.29, 0.717) is 38.8 Å². The number of H-pyrrole nitrogens is 1. The molecule has 1 heterocycles. The third-order valence-corrected chi connectivity index (χ3v) is 9.02. The molecule has 0 saturated heterocycles. The van der Waals surface area contributed by atoms with E-state index >= 15 is 0 Å². The van der Waals surface area contributed by atoms with Gasteiger partial charge in [-0.05, 0) is 59.3 Å². The normalized spacial score (nSPS) is 14.0. The van der Waals surface area contributed by atoms with Crippen LogP contribution in [0.5, 0.6) is 0 Å². The quantitative estimate of drug-likeness (QED) is 0.0564. The maximum Gasteiger partial charge on any atom is 0.328 e. The van der Waals surface area contributed by atoms with Crippen LogP contribution in [0.2, 0.25) is 0 Å². The second-order valence-electron chi connectivity index (χ2n) is 16.4. The van der Waals surface area contributed by atoms with Crippen molar-refractivity contribution in [1.29, 1.82) is 16.2 Å². The van der Waals surface area contributed by atoms with Crippen molar-refractivity contribution in [2.75, 3.05) is 26.7 Å². The fourth-order valence-corrected chi connectivity index (χ4v) is 6.29. The monoisotopic (exact) mass is 698 g/mol. The van der Waals surface area contributed by atoms with Gasteiger partial charge < -0.3 is 48.2 Å². The molecule has 0 unspecified atom stereocenters. The van der Waals surface area contributed by atoms with E-state index in [1.807, 2.05) is 0 Å². The minimum absolute atomic E-state index is 0.0201. The Balaban J connectivity index is 2.74. The van der Waals surface area contributed by atoms with Crippen LogP contribution in [-0.4, -0.2) is 67.5 Å². The van der Waals surface area contributed by atoms with Gasteiger partial charge in [-0.25, -0.2) is 4.79 Å². The van der Waals surface area contributed by atoms with Crippen molar-refractivity contribution >= 4 is 40.7 Å². The number of carbonyl (C=O) groups excluding carboxylic acids is 2. The van der Waals surface area contributed by atoms with Gasteiger partial charge in [0, 0.05) is 48.1 Å². The molecule has 0 aliphatic rings. The number of amides is 1. The largest absolute Gasteiger partial charge is 0.467 e. The predicted octanol–water partition coefficient (Wildman–Crippen LogP) is 3.26. The van der Waals surface area contributed by atoms with Crippen molar-refractivity contribution in [3.63, 3.8) is 0 Å². The Bertz CT molecular complexity index is 1520. The third kappa shape index (κ3) is 11.3. The zero-order valence-corrected chi connectivity index (χ0v) is 31.8. The van der Waals surface area contributed by atoms with Gasteiger partial charge in [0.2, 0.25) is 5.91 Å². The van der Waals surface area contributed by atoms with Crippen molar-refractivity contribution in [1.82, 2.24) is 26.3 Å². The average molecular weight is 698 g/mol. The molecule has 50 heavy (non-hydrogen) atoms. The highest BCUT2D eigenvalue weighted by atomic mass is 16.5. The van der Waals surface area contributed by atoms with E-state index < -0.39 is 23.3 Å². The molecule has 0 bridgehead atoms. The van der Waals surface area contributed by atoms with Gasteiger partial charge in [0.1, 0.15) is 6.04 Å². The van der Waals surface area contributed by atoms with Gasteiger partial charge in [0.25, 0.3) is 0 Å². The summed E-state index contributed by atoms with van der Waals surface area (Å²) in [5.74, 6) is -1.66. The number of nitrogens with two attached hydrogens (primary N) is 3. The van der Waals surface area contributed by atoms with E-state index in [-0.39, 0.29) is 47.1 Å². The van der Waals surface area contributed by atoms with Gasteiger partial charge in [-0.2, -0.15) is 0 Å². The zero-order valence-electron chi connectivity index (χ0n) is 31.8. The van der Waals surface area contributed by atoms with E-state index in [1.165, 1.54) is 12.7 Å². The van der Waals surface area contributed by atoms with Crippen LogP contribution in [0.15, 0.2) is 12.1 Å². The molecule has 14 nitrogen and oxygen atoms in total. The molecule has 0 spiro atoms. The van der Waals surface area contributed by atoms with Gasteiger partial charge >= 0.3 is 5.97 Å². The summed E-state index contributed by atoms with van der Waals surface area (Å²) in [6.07, 6.45) is 1.72. The van der Waals surface area contributed by atoms with Gasteiger partial charge in [0.15, 0.2) is 17.9 Å². The minimum Gasteiger partial charge on any atom is -0.467 e. The van der Waals surface area contributed by atoms with Crippen LogP contribution in [0, 0.1) is 21.6 Å². The van der Waals surface area contributed by atoms with E-state index in [4.69, 9.17) is 38.2 Å². The molecule has 1 amide bonds. The fourth-order valence-electron chi connectivity index (χ4n) is 6.29. The lowest BCUT2D eigenvalue weighted by Gasteiger charge is -2.35. The summed E-state index contributed by atoms with van der Waals surface area (Å²) >= 11 is 0. The number of ether oxygens (including phenoxy) is 1. The van der Waals surface area contributed by atoms with Crippen molar-refractivity contribution in [3.05, 3.63) is 34.5 Å². The maximum absolute atomic E-state index is 14.6. The molecule has 14 N–H and O–H groups in total. The number of aromatic nitrogens is 1. The molecule has 0 radical (unpaired) electrons. The Hall–Kier alpha value is -4.49. The van der Waals surface area contributed by atoms with Gasteiger partial charge in [-0.3, -0.25) is 21.0 Å². The summed E-state index contributed by atoms with van der Waals surface area (Å²) in [5.41, 5.74) is 20.1. The molecule has 2 rings (SSSR count). The van der Waals surface area contributed by atoms with Crippen LogP contribution in [0.4, 0.5) is 0 Å². The molecule has 14 heteroatoms. The van der Waals surface area contributed by atoms with Crippen molar-refractivity contribution in [2.45, 2.75) is 117 Å². The first kappa shape index (κ1) is 41.7. The maximum atomic E-state index is 14.6. The molecular weight excluding hydrogens is 634 g/mol. The smallest absolute Gasteiger partial charge is 0.328 e. The van der Waals surface area contributed by atoms with Gasteiger partial charge in [-0.1, -0.05) is 68.4 Å². The highest BCUT2D eigenvalue weighted by Gasteiger charge is 2.40. The number of aromatic amines is 1. The number of rotatable bonds is 15. The Labute approximate surface area is 297 Å². The Morgan fingerprint density at radius 2 is 1.32 bits per heavy atom. The molecule has 0 saturated carbocycles. The number of methoxy groups -OCH3 is 1. The number of hydrogen-bond donors (Lipinski definition) is 11. The SMILES string of the molecule is COC(=O)[C@H](Cc1c(C(C)(C)C)[nH]c2cc(C(C)(C)C)cc(C(C)(C)C)c12)NC(=O)C(CCCNC(=N)N)(CCCNC(=N)N)CNC(=N)N. The fraction of sp³-hybridized carbons (Fsp3) is 0.639. The number of benzene rings is 1. The molecule has 1 atom stereocenters. The summed E-state index contributed by atoms with van der Waals surface area (Å²) in [5, 5.41) is 35.4. The highest BCUT2D eigenvalue weighted by Crippen LogP contribution is 2.41. The van der Waals surface area contributed by atoms with E-state index in [2.05, 4.69) is 101 Å².